The molecular formula is C5H14Cl2O2. The van der Waals surface area contributed by atoms with E-state index in [2.05, 4.69) is 0 Å². The smallest absolute Gasteiger partial charge is 0.151 e. The Labute approximate surface area is 68.1 Å². The van der Waals surface area contributed by atoms with Crippen molar-refractivity contribution in [2.24, 2.45) is 0 Å². The van der Waals surface area contributed by atoms with Crippen molar-refractivity contribution in [2.75, 3.05) is 0 Å². The van der Waals surface area contributed by atoms with Gasteiger partial charge in [0.05, 0.1) is 0 Å². The largest absolute Gasteiger partial charge is 0.368 e. The van der Waals surface area contributed by atoms with Gasteiger partial charge in [0, 0.05) is 0 Å². The van der Waals surface area contributed by atoms with Gasteiger partial charge in [-0.15, -0.1) is 24.8 Å². The van der Waals surface area contributed by atoms with Crippen molar-refractivity contribution in [1.82, 2.24) is 0 Å². The Bertz CT molecular complexity index is 41.9. The lowest BCUT2D eigenvalue weighted by atomic mass is 10.2. The highest BCUT2D eigenvalue weighted by atomic mass is 35.5. The minimum Gasteiger partial charge on any atom is -0.368 e. The molecule has 9 heavy (non-hydrogen) atoms. The molecule has 0 amide bonds. The summed E-state index contributed by atoms with van der Waals surface area (Å²) >= 11 is 0. The van der Waals surface area contributed by atoms with Crippen LogP contribution in [-0.2, 0) is 0 Å². The van der Waals surface area contributed by atoms with Gasteiger partial charge in [-0.3, -0.25) is 0 Å². The predicted octanol–water partition coefficient (Wildman–Crippen LogP) is 1.33. The molecule has 0 aliphatic heterocycles. The number of rotatable bonds is 3. The van der Waals surface area contributed by atoms with Gasteiger partial charge in [0.25, 0.3) is 0 Å². The molecule has 0 aliphatic rings. The quantitative estimate of drug-likeness (QED) is 0.638. The molecular weight excluding hydrogens is 163 g/mol. The van der Waals surface area contributed by atoms with E-state index < -0.39 is 6.29 Å². The number of unbranched alkanes of at least 4 members (excludes halogenated alkanes) is 1. The van der Waals surface area contributed by atoms with Gasteiger partial charge in [-0.1, -0.05) is 13.3 Å². The Morgan fingerprint density at radius 2 is 1.67 bits per heavy atom. The number of hydrogen-bond donors (Lipinski definition) is 2. The fourth-order valence-electron chi connectivity index (χ4n) is 0.387. The normalized spacial score (nSPS) is 8.00. The molecule has 0 saturated heterocycles. The van der Waals surface area contributed by atoms with Crippen molar-refractivity contribution in [1.29, 1.82) is 0 Å². The summed E-state index contributed by atoms with van der Waals surface area (Å²) in [6.07, 6.45) is 1.34. The molecule has 0 heterocycles. The van der Waals surface area contributed by atoms with Gasteiger partial charge in [-0.25, -0.2) is 0 Å². The highest BCUT2D eigenvalue weighted by molar-refractivity contribution is 5.85. The maximum atomic E-state index is 8.24. The Morgan fingerprint density at radius 1 is 1.22 bits per heavy atom. The van der Waals surface area contributed by atoms with E-state index in [9.17, 15) is 0 Å². The molecule has 0 atom stereocenters. The number of hydrogen-bond acceptors (Lipinski definition) is 2. The molecule has 60 valence electrons. The zero-order valence-electron chi connectivity index (χ0n) is 5.41. The molecule has 0 rings (SSSR count). The summed E-state index contributed by atoms with van der Waals surface area (Å²) in [4.78, 5) is 0. The first kappa shape index (κ1) is 16.2. The van der Waals surface area contributed by atoms with E-state index in [-0.39, 0.29) is 24.8 Å². The topological polar surface area (TPSA) is 40.5 Å². The van der Waals surface area contributed by atoms with Gasteiger partial charge < -0.3 is 10.2 Å². The van der Waals surface area contributed by atoms with Crippen LogP contribution >= 0.6 is 24.8 Å². The fraction of sp³-hybridized carbons (Fsp3) is 1.00. The molecule has 0 aromatic carbocycles. The second kappa shape index (κ2) is 11.3. The molecule has 0 saturated carbocycles. The van der Waals surface area contributed by atoms with Crippen LogP contribution in [0.15, 0.2) is 0 Å². The molecule has 4 heteroatoms. The molecule has 0 unspecified atom stereocenters. The number of aliphatic hydroxyl groups is 2. The highest BCUT2D eigenvalue weighted by Crippen LogP contribution is 1.95. The van der Waals surface area contributed by atoms with E-state index in [1.165, 1.54) is 0 Å². The fourth-order valence-corrected chi connectivity index (χ4v) is 0.387. The second-order valence-electron chi connectivity index (χ2n) is 1.62. The van der Waals surface area contributed by atoms with Gasteiger partial charge in [-0.05, 0) is 12.8 Å². The van der Waals surface area contributed by atoms with Crippen molar-refractivity contribution in [3.8, 4) is 0 Å². The average Bonchev–Trinajstić information content (AvgIpc) is 1.61. The van der Waals surface area contributed by atoms with Crippen LogP contribution in [0.3, 0.4) is 0 Å². The van der Waals surface area contributed by atoms with Gasteiger partial charge in [-0.2, -0.15) is 0 Å². The summed E-state index contributed by atoms with van der Waals surface area (Å²) in [6, 6.07) is 0. The Balaban J connectivity index is -0.000000180. The molecule has 0 spiro atoms. The standard InChI is InChI=1S/C5H12O2.2ClH/c1-2-3-4-5(6)7;;/h5-7H,2-4H2,1H3;2*1H. The number of halogens is 2. The summed E-state index contributed by atoms with van der Waals surface area (Å²) in [5, 5.41) is 16.5. The molecule has 0 aromatic rings. The minimum atomic E-state index is -1.10. The van der Waals surface area contributed by atoms with E-state index in [4.69, 9.17) is 10.2 Å². The molecule has 0 fully saturated rings. The summed E-state index contributed by atoms with van der Waals surface area (Å²) in [7, 11) is 0. The minimum absolute atomic E-state index is 0. The maximum Gasteiger partial charge on any atom is 0.151 e. The Hall–Kier alpha value is 0.500. The van der Waals surface area contributed by atoms with E-state index in [1.807, 2.05) is 6.92 Å². The first-order valence-electron chi connectivity index (χ1n) is 2.63. The van der Waals surface area contributed by atoms with Crippen molar-refractivity contribution in [3.05, 3.63) is 0 Å². The average molecular weight is 177 g/mol. The molecule has 0 aromatic heterocycles. The predicted molar refractivity (Wildman–Crippen MR) is 42.2 cm³/mol. The first-order valence-corrected chi connectivity index (χ1v) is 2.63. The molecule has 2 nitrogen and oxygen atoms in total. The summed E-state index contributed by atoms with van der Waals surface area (Å²) in [5.41, 5.74) is 0. The van der Waals surface area contributed by atoms with Crippen LogP contribution in [0.2, 0.25) is 0 Å². The Morgan fingerprint density at radius 3 is 1.78 bits per heavy atom. The van der Waals surface area contributed by atoms with Gasteiger partial charge in [0.15, 0.2) is 6.29 Å². The summed E-state index contributed by atoms with van der Waals surface area (Å²) in [6.45, 7) is 2.02. The highest BCUT2D eigenvalue weighted by Gasteiger charge is 1.92. The Kier molecular flexibility index (Phi) is 20.4. The summed E-state index contributed by atoms with van der Waals surface area (Å²) < 4.78 is 0. The van der Waals surface area contributed by atoms with Crippen LogP contribution in [-0.4, -0.2) is 16.5 Å². The summed E-state index contributed by atoms with van der Waals surface area (Å²) in [5.74, 6) is 0. The van der Waals surface area contributed by atoms with Crippen LogP contribution in [0.1, 0.15) is 26.2 Å². The van der Waals surface area contributed by atoms with E-state index in [1.54, 1.807) is 0 Å². The van der Waals surface area contributed by atoms with Crippen molar-refractivity contribution < 1.29 is 10.2 Å². The molecule has 0 aliphatic carbocycles. The SMILES string of the molecule is CCCCC(O)O.Cl.Cl. The lowest BCUT2D eigenvalue weighted by molar-refractivity contribution is -0.0463. The molecule has 0 bridgehead atoms. The van der Waals surface area contributed by atoms with E-state index in [0.29, 0.717) is 6.42 Å². The van der Waals surface area contributed by atoms with Crippen LogP contribution < -0.4 is 0 Å². The lowest BCUT2D eigenvalue weighted by Crippen LogP contribution is -2.02. The van der Waals surface area contributed by atoms with Crippen molar-refractivity contribution in [2.45, 2.75) is 32.5 Å². The monoisotopic (exact) mass is 176 g/mol. The third kappa shape index (κ3) is 17.7. The third-order valence-corrected chi connectivity index (χ3v) is 0.816. The van der Waals surface area contributed by atoms with Crippen LogP contribution in [0.25, 0.3) is 0 Å². The maximum absolute atomic E-state index is 8.24. The zero-order chi connectivity index (χ0) is 5.70. The van der Waals surface area contributed by atoms with Crippen LogP contribution in [0, 0.1) is 0 Å². The van der Waals surface area contributed by atoms with Gasteiger partial charge in [0.2, 0.25) is 0 Å². The zero-order valence-corrected chi connectivity index (χ0v) is 7.04. The molecule has 2 N–H and O–H groups in total. The van der Waals surface area contributed by atoms with E-state index >= 15 is 0 Å². The van der Waals surface area contributed by atoms with Gasteiger partial charge >= 0.3 is 0 Å². The second-order valence-corrected chi connectivity index (χ2v) is 1.62. The number of aliphatic hydroxyl groups excluding tert-OH is 1. The van der Waals surface area contributed by atoms with Crippen LogP contribution in [0.5, 0.6) is 0 Å². The van der Waals surface area contributed by atoms with Crippen molar-refractivity contribution in [3.63, 3.8) is 0 Å². The van der Waals surface area contributed by atoms with Gasteiger partial charge in [0.1, 0.15) is 0 Å². The lowest BCUT2D eigenvalue weighted by Gasteiger charge is -1.97. The third-order valence-electron chi connectivity index (χ3n) is 0.816. The van der Waals surface area contributed by atoms with E-state index in [0.717, 1.165) is 12.8 Å². The molecule has 0 radical (unpaired) electrons. The van der Waals surface area contributed by atoms with Crippen LogP contribution in [0.4, 0.5) is 0 Å². The van der Waals surface area contributed by atoms with Crippen molar-refractivity contribution >= 4 is 24.8 Å². The first-order chi connectivity index (χ1) is 3.27.